The molecule has 29 heavy (non-hydrogen) atoms. The Hall–Kier alpha value is -2.51. The minimum Gasteiger partial charge on any atom is -0.496 e. The Morgan fingerprint density at radius 1 is 1.17 bits per heavy atom. The highest BCUT2D eigenvalue weighted by molar-refractivity contribution is 5.98. The van der Waals surface area contributed by atoms with E-state index >= 15 is 0 Å². The van der Waals surface area contributed by atoms with Gasteiger partial charge in [0.15, 0.2) is 5.78 Å². The Balaban J connectivity index is 0.00000300. The van der Waals surface area contributed by atoms with Crippen LogP contribution in [0.1, 0.15) is 34.8 Å². The van der Waals surface area contributed by atoms with Crippen LogP contribution in [0.15, 0.2) is 42.5 Å². The number of hydrogen-bond acceptors (Lipinski definition) is 4. The van der Waals surface area contributed by atoms with Crippen LogP contribution in [-0.4, -0.2) is 43.3 Å². The summed E-state index contributed by atoms with van der Waals surface area (Å²) >= 11 is 0. The van der Waals surface area contributed by atoms with Crippen LogP contribution in [-0.2, 0) is 4.79 Å². The molecule has 156 valence electrons. The molecule has 1 aliphatic rings. The summed E-state index contributed by atoms with van der Waals surface area (Å²) in [6.45, 7) is 1.73. The predicted molar refractivity (Wildman–Crippen MR) is 107 cm³/mol. The third kappa shape index (κ3) is 5.31. The highest BCUT2D eigenvalue weighted by Gasteiger charge is 2.30. The van der Waals surface area contributed by atoms with Crippen molar-refractivity contribution in [3.8, 4) is 5.75 Å². The summed E-state index contributed by atoms with van der Waals surface area (Å²) in [6, 6.07) is 10.1. The molecular weight excluding hydrogens is 402 g/mol. The van der Waals surface area contributed by atoms with Crippen molar-refractivity contribution in [1.29, 1.82) is 0 Å². The van der Waals surface area contributed by atoms with Gasteiger partial charge >= 0.3 is 0 Å². The van der Waals surface area contributed by atoms with Gasteiger partial charge in [0.1, 0.15) is 17.4 Å². The summed E-state index contributed by atoms with van der Waals surface area (Å²) in [5.41, 5.74) is 0.692. The molecule has 3 rings (SSSR count). The molecular formula is C21H23ClF2N2O3. The van der Waals surface area contributed by atoms with Crippen molar-refractivity contribution in [2.24, 2.45) is 0 Å². The van der Waals surface area contributed by atoms with Gasteiger partial charge in [0.25, 0.3) is 0 Å². The zero-order valence-electron chi connectivity index (χ0n) is 16.0. The highest BCUT2D eigenvalue weighted by Crippen LogP contribution is 2.30. The van der Waals surface area contributed by atoms with Gasteiger partial charge < -0.3 is 15.0 Å². The molecule has 0 spiro atoms. The van der Waals surface area contributed by atoms with Gasteiger partial charge in [-0.1, -0.05) is 18.2 Å². The number of Topliss-reactive ketones (excluding diaryl/α,β-unsaturated/α-hetero) is 1. The average molecular weight is 425 g/mol. The molecule has 1 saturated heterocycles. The first kappa shape index (κ1) is 22.8. The first-order valence-corrected chi connectivity index (χ1v) is 9.12. The predicted octanol–water partition coefficient (Wildman–Crippen LogP) is 3.53. The van der Waals surface area contributed by atoms with Gasteiger partial charge in [0.2, 0.25) is 5.91 Å². The largest absolute Gasteiger partial charge is 0.496 e. The van der Waals surface area contributed by atoms with Crippen LogP contribution in [0.5, 0.6) is 5.75 Å². The van der Waals surface area contributed by atoms with Crippen molar-refractivity contribution < 1.29 is 23.1 Å². The summed E-state index contributed by atoms with van der Waals surface area (Å²) < 4.78 is 32.2. The SMILES string of the molecule is COc1ccccc1C1CNCCN1C(=O)CCC(=O)c1ccc(F)cc1F.Cl. The Morgan fingerprint density at radius 2 is 1.93 bits per heavy atom. The molecule has 0 aliphatic carbocycles. The highest BCUT2D eigenvalue weighted by atomic mass is 35.5. The molecule has 0 saturated carbocycles. The summed E-state index contributed by atoms with van der Waals surface area (Å²) in [7, 11) is 1.58. The molecule has 1 fully saturated rings. The number of hydrogen-bond donors (Lipinski definition) is 1. The van der Waals surface area contributed by atoms with E-state index in [1.54, 1.807) is 12.0 Å². The second kappa shape index (κ2) is 10.3. The maximum Gasteiger partial charge on any atom is 0.223 e. The number of benzene rings is 2. The fraction of sp³-hybridized carbons (Fsp3) is 0.333. The van der Waals surface area contributed by atoms with Gasteiger partial charge in [-0.3, -0.25) is 9.59 Å². The Kier molecular flexibility index (Phi) is 8.10. The van der Waals surface area contributed by atoms with Crippen LogP contribution in [0.2, 0.25) is 0 Å². The van der Waals surface area contributed by atoms with Gasteiger partial charge in [-0.05, 0) is 18.2 Å². The second-order valence-corrected chi connectivity index (χ2v) is 6.60. The third-order valence-electron chi connectivity index (χ3n) is 4.86. The Morgan fingerprint density at radius 3 is 2.66 bits per heavy atom. The minimum absolute atomic E-state index is 0. The number of carbonyl (C=O) groups excluding carboxylic acids is 2. The van der Waals surface area contributed by atoms with Crippen LogP contribution < -0.4 is 10.1 Å². The van der Waals surface area contributed by atoms with E-state index < -0.39 is 17.4 Å². The first-order valence-electron chi connectivity index (χ1n) is 9.12. The molecule has 0 aromatic heterocycles. The molecule has 2 aromatic rings. The smallest absolute Gasteiger partial charge is 0.223 e. The Labute approximate surface area is 174 Å². The summed E-state index contributed by atoms with van der Waals surface area (Å²) in [5, 5.41) is 3.27. The fourth-order valence-corrected chi connectivity index (χ4v) is 3.44. The number of rotatable bonds is 6. The zero-order chi connectivity index (χ0) is 20.1. The Bertz CT molecular complexity index is 879. The lowest BCUT2D eigenvalue weighted by molar-refractivity contribution is -0.134. The summed E-state index contributed by atoms with van der Waals surface area (Å²) in [4.78, 5) is 26.8. The number of carbonyl (C=O) groups is 2. The first-order chi connectivity index (χ1) is 13.5. The molecule has 5 nitrogen and oxygen atoms in total. The second-order valence-electron chi connectivity index (χ2n) is 6.60. The third-order valence-corrected chi connectivity index (χ3v) is 4.86. The number of para-hydroxylation sites is 1. The van der Waals surface area contributed by atoms with Gasteiger partial charge in [-0.2, -0.15) is 0 Å². The van der Waals surface area contributed by atoms with Crippen molar-refractivity contribution in [3.05, 3.63) is 65.2 Å². The van der Waals surface area contributed by atoms with Crippen molar-refractivity contribution in [2.45, 2.75) is 18.9 Å². The maximum atomic E-state index is 13.8. The van der Waals surface area contributed by atoms with E-state index in [4.69, 9.17) is 4.74 Å². The average Bonchev–Trinajstić information content (AvgIpc) is 2.71. The number of amides is 1. The molecule has 1 unspecified atom stereocenters. The van der Waals surface area contributed by atoms with Crippen LogP contribution in [0.25, 0.3) is 0 Å². The molecule has 1 N–H and O–H groups in total. The van der Waals surface area contributed by atoms with Crippen molar-refractivity contribution in [3.63, 3.8) is 0 Å². The molecule has 1 atom stereocenters. The lowest BCUT2D eigenvalue weighted by atomic mass is 10.0. The van der Waals surface area contributed by atoms with Crippen LogP contribution in [0.4, 0.5) is 8.78 Å². The van der Waals surface area contributed by atoms with Crippen LogP contribution >= 0.6 is 12.4 Å². The normalized spacial score (nSPS) is 16.1. The molecule has 8 heteroatoms. The van der Waals surface area contributed by atoms with Gasteiger partial charge in [-0.25, -0.2) is 8.78 Å². The fourth-order valence-electron chi connectivity index (χ4n) is 3.44. The van der Waals surface area contributed by atoms with Crippen LogP contribution in [0.3, 0.4) is 0 Å². The topological polar surface area (TPSA) is 58.6 Å². The quantitative estimate of drug-likeness (QED) is 0.721. The van der Waals surface area contributed by atoms with E-state index in [1.807, 2.05) is 24.3 Å². The molecule has 1 heterocycles. The van der Waals surface area contributed by atoms with Crippen LogP contribution in [0, 0.1) is 11.6 Å². The van der Waals surface area contributed by atoms with E-state index in [0.717, 1.165) is 17.7 Å². The molecule has 1 amide bonds. The van der Waals surface area contributed by atoms with Crippen molar-refractivity contribution >= 4 is 24.1 Å². The minimum atomic E-state index is -0.911. The number of methoxy groups -OCH3 is 1. The number of nitrogens with one attached hydrogen (secondary N) is 1. The van der Waals surface area contributed by atoms with Crippen molar-refractivity contribution in [2.75, 3.05) is 26.7 Å². The number of nitrogens with zero attached hydrogens (tertiary/aromatic N) is 1. The maximum absolute atomic E-state index is 13.8. The van der Waals surface area contributed by atoms with E-state index in [2.05, 4.69) is 5.32 Å². The molecule has 0 bridgehead atoms. The van der Waals surface area contributed by atoms with E-state index in [-0.39, 0.29) is 42.8 Å². The number of ether oxygens (including phenoxy) is 1. The van der Waals surface area contributed by atoms with E-state index in [0.29, 0.717) is 31.5 Å². The lowest BCUT2D eigenvalue weighted by Gasteiger charge is -2.37. The number of ketones is 1. The summed E-state index contributed by atoms with van der Waals surface area (Å²) in [6.07, 6.45) is -0.175. The monoisotopic (exact) mass is 424 g/mol. The summed E-state index contributed by atoms with van der Waals surface area (Å²) in [5.74, 6) is -1.67. The van der Waals surface area contributed by atoms with Crippen molar-refractivity contribution in [1.82, 2.24) is 10.2 Å². The molecule has 0 radical (unpaired) electrons. The van der Waals surface area contributed by atoms with E-state index in [1.165, 1.54) is 0 Å². The standard InChI is InChI=1S/C21H22F2N2O3.ClH/c1-28-20-5-3-2-4-16(20)18-13-24-10-11-25(18)21(27)9-8-19(26)15-7-6-14(22)12-17(15)23;/h2-7,12,18,24H,8-11,13H2,1H3;1H. The molecule has 2 aromatic carbocycles. The zero-order valence-corrected chi connectivity index (χ0v) is 16.8. The van der Waals surface area contributed by atoms with Gasteiger partial charge in [0.05, 0.1) is 18.7 Å². The van der Waals surface area contributed by atoms with Gasteiger partial charge in [0, 0.05) is 44.1 Å². The number of halogens is 3. The molecule has 1 aliphatic heterocycles. The van der Waals surface area contributed by atoms with Gasteiger partial charge in [-0.15, -0.1) is 12.4 Å². The van der Waals surface area contributed by atoms with E-state index in [9.17, 15) is 18.4 Å². The number of piperazine rings is 1. The lowest BCUT2D eigenvalue weighted by Crippen LogP contribution is -2.48.